The Morgan fingerprint density at radius 1 is 1.32 bits per heavy atom. The normalized spacial score (nSPS) is 10.1. The quantitative estimate of drug-likeness (QED) is 0.778. The summed E-state index contributed by atoms with van der Waals surface area (Å²) in [6, 6.07) is 6.14. The van der Waals surface area contributed by atoms with Gasteiger partial charge in [0.1, 0.15) is 5.75 Å². The van der Waals surface area contributed by atoms with Gasteiger partial charge in [0.2, 0.25) is 11.1 Å². The van der Waals surface area contributed by atoms with Crippen molar-refractivity contribution in [3.63, 3.8) is 0 Å². The van der Waals surface area contributed by atoms with E-state index in [1.54, 1.807) is 38.4 Å². The molecule has 0 fully saturated rings. The number of amides is 3. The Labute approximate surface area is 130 Å². The van der Waals surface area contributed by atoms with Crippen LogP contribution in [0.15, 0.2) is 29.4 Å². The van der Waals surface area contributed by atoms with E-state index in [0.717, 1.165) is 11.8 Å². The van der Waals surface area contributed by atoms with Crippen molar-refractivity contribution >= 4 is 29.4 Å². The van der Waals surface area contributed by atoms with E-state index in [4.69, 9.17) is 4.74 Å². The third-order valence-electron chi connectivity index (χ3n) is 2.51. The highest BCUT2D eigenvalue weighted by Gasteiger charge is 2.11. The van der Waals surface area contributed by atoms with E-state index in [0.29, 0.717) is 16.6 Å². The maximum Gasteiger partial charge on any atom is 0.325 e. The summed E-state index contributed by atoms with van der Waals surface area (Å²) >= 11 is 1.13. The van der Waals surface area contributed by atoms with Crippen molar-refractivity contribution in [1.82, 2.24) is 25.5 Å². The van der Waals surface area contributed by atoms with E-state index >= 15 is 0 Å². The Hall–Kier alpha value is -2.62. The summed E-state index contributed by atoms with van der Waals surface area (Å²) < 4.78 is 6.45. The lowest BCUT2D eigenvalue weighted by Gasteiger charge is -2.07. The maximum atomic E-state index is 11.7. The molecule has 2 rings (SSSR count). The predicted molar refractivity (Wildman–Crippen MR) is 79.7 cm³/mol. The Bertz CT molecular complexity index is 657. The molecule has 2 N–H and O–H groups in total. The third kappa shape index (κ3) is 4.45. The van der Waals surface area contributed by atoms with Crippen molar-refractivity contribution in [3.8, 4) is 5.75 Å². The van der Waals surface area contributed by atoms with Crippen molar-refractivity contribution in [1.29, 1.82) is 0 Å². The summed E-state index contributed by atoms with van der Waals surface area (Å²) in [4.78, 5) is 23.3. The zero-order valence-corrected chi connectivity index (χ0v) is 12.8. The van der Waals surface area contributed by atoms with Crippen molar-refractivity contribution in [2.24, 2.45) is 7.05 Å². The third-order valence-corrected chi connectivity index (χ3v) is 3.53. The van der Waals surface area contributed by atoms with Crippen LogP contribution in [0, 0.1) is 0 Å². The van der Waals surface area contributed by atoms with Crippen LogP contribution in [0.5, 0.6) is 5.75 Å². The van der Waals surface area contributed by atoms with Gasteiger partial charge < -0.3 is 10.1 Å². The number of ether oxygens (including phenoxy) is 1. The second-order valence-corrected chi connectivity index (χ2v) is 5.05. The Morgan fingerprint density at radius 3 is 2.64 bits per heavy atom. The summed E-state index contributed by atoms with van der Waals surface area (Å²) in [5.74, 6) is 0.263. The maximum absolute atomic E-state index is 11.7. The van der Waals surface area contributed by atoms with Crippen LogP contribution in [0.1, 0.15) is 0 Å². The average molecular weight is 322 g/mol. The molecule has 1 heterocycles. The Morgan fingerprint density at radius 2 is 2.05 bits per heavy atom. The smallest absolute Gasteiger partial charge is 0.325 e. The number of hydrogen-bond donors (Lipinski definition) is 2. The molecule has 2 aromatic rings. The van der Waals surface area contributed by atoms with Gasteiger partial charge in [-0.2, -0.15) is 0 Å². The fraction of sp³-hybridized carbons (Fsp3) is 0.250. The first-order chi connectivity index (χ1) is 10.6. The van der Waals surface area contributed by atoms with Gasteiger partial charge in [0.05, 0.1) is 12.9 Å². The second kappa shape index (κ2) is 7.41. The van der Waals surface area contributed by atoms with Crippen molar-refractivity contribution in [3.05, 3.63) is 24.3 Å². The molecular formula is C12H14N6O3S. The number of thioether (sulfide) groups is 1. The zero-order valence-electron chi connectivity index (χ0n) is 11.9. The van der Waals surface area contributed by atoms with Crippen LogP contribution in [-0.2, 0) is 11.8 Å². The summed E-state index contributed by atoms with van der Waals surface area (Å²) in [7, 11) is 3.22. The van der Waals surface area contributed by atoms with Crippen LogP contribution in [-0.4, -0.2) is 45.0 Å². The standard InChI is InChI=1S/C12H14N6O3S/c1-18-12(15-16-17-18)22-7-10(19)14-11(20)13-8-3-5-9(21-2)6-4-8/h3-6H,7H2,1-2H3,(H2,13,14,19,20). The molecular weight excluding hydrogens is 308 g/mol. The van der Waals surface area contributed by atoms with Gasteiger partial charge in [0.15, 0.2) is 0 Å². The number of nitrogens with one attached hydrogen (secondary N) is 2. The molecule has 0 saturated heterocycles. The largest absolute Gasteiger partial charge is 0.497 e. The van der Waals surface area contributed by atoms with E-state index < -0.39 is 11.9 Å². The fourth-order valence-corrected chi connectivity index (χ4v) is 2.12. The minimum absolute atomic E-state index is 0.0320. The van der Waals surface area contributed by atoms with E-state index in [9.17, 15) is 9.59 Å². The molecule has 0 aliphatic heterocycles. The highest BCUT2D eigenvalue weighted by atomic mass is 32.2. The molecule has 0 aliphatic rings. The molecule has 10 heteroatoms. The van der Waals surface area contributed by atoms with Gasteiger partial charge in [-0.15, -0.1) is 5.10 Å². The number of tetrazole rings is 1. The molecule has 0 saturated carbocycles. The van der Waals surface area contributed by atoms with Crippen LogP contribution >= 0.6 is 11.8 Å². The molecule has 1 aromatic heterocycles. The number of carbonyl (C=O) groups excluding carboxylic acids is 2. The van der Waals surface area contributed by atoms with E-state index in [1.165, 1.54) is 4.68 Å². The van der Waals surface area contributed by atoms with Gasteiger partial charge in [-0.25, -0.2) is 9.48 Å². The SMILES string of the molecule is COc1ccc(NC(=O)NC(=O)CSc2nnnn2C)cc1. The number of nitrogens with zero attached hydrogens (tertiary/aromatic N) is 4. The van der Waals surface area contributed by atoms with Crippen LogP contribution in [0.3, 0.4) is 0 Å². The highest BCUT2D eigenvalue weighted by Crippen LogP contribution is 2.15. The number of anilines is 1. The molecule has 0 radical (unpaired) electrons. The van der Waals surface area contributed by atoms with Crippen LogP contribution in [0.2, 0.25) is 0 Å². The molecule has 22 heavy (non-hydrogen) atoms. The molecule has 0 spiro atoms. The summed E-state index contributed by atoms with van der Waals surface area (Å²) in [5.41, 5.74) is 0.552. The Kier molecular flexibility index (Phi) is 5.31. The van der Waals surface area contributed by atoms with Gasteiger partial charge in [-0.1, -0.05) is 11.8 Å². The number of methoxy groups -OCH3 is 1. The van der Waals surface area contributed by atoms with Crippen LogP contribution < -0.4 is 15.4 Å². The zero-order chi connectivity index (χ0) is 15.9. The van der Waals surface area contributed by atoms with E-state index in [-0.39, 0.29) is 5.75 Å². The molecule has 1 aromatic carbocycles. The van der Waals surface area contributed by atoms with Gasteiger partial charge in [-0.3, -0.25) is 10.1 Å². The summed E-state index contributed by atoms with van der Waals surface area (Å²) in [6.07, 6.45) is 0. The topological polar surface area (TPSA) is 111 Å². The minimum Gasteiger partial charge on any atom is -0.497 e. The van der Waals surface area contributed by atoms with Crippen molar-refractivity contribution < 1.29 is 14.3 Å². The molecule has 9 nitrogen and oxygen atoms in total. The van der Waals surface area contributed by atoms with Crippen LogP contribution in [0.4, 0.5) is 10.5 Å². The van der Waals surface area contributed by atoms with Crippen LogP contribution in [0.25, 0.3) is 0 Å². The lowest BCUT2D eigenvalue weighted by atomic mass is 10.3. The van der Waals surface area contributed by atoms with Gasteiger partial charge in [-0.05, 0) is 34.7 Å². The molecule has 0 unspecified atom stereocenters. The number of imide groups is 1. The van der Waals surface area contributed by atoms with E-state index in [2.05, 4.69) is 26.2 Å². The predicted octanol–water partition coefficient (Wildman–Crippen LogP) is 0.659. The molecule has 3 amide bonds. The number of carbonyl (C=O) groups is 2. The number of aromatic nitrogens is 4. The minimum atomic E-state index is -0.605. The van der Waals surface area contributed by atoms with Crippen molar-refractivity contribution in [2.45, 2.75) is 5.16 Å². The molecule has 0 atom stereocenters. The summed E-state index contributed by atoms with van der Waals surface area (Å²) in [5, 5.41) is 16.1. The second-order valence-electron chi connectivity index (χ2n) is 4.10. The lowest BCUT2D eigenvalue weighted by molar-refractivity contribution is -0.117. The van der Waals surface area contributed by atoms with Gasteiger partial charge in [0, 0.05) is 12.7 Å². The fourth-order valence-electron chi connectivity index (χ4n) is 1.47. The monoisotopic (exact) mass is 322 g/mol. The number of urea groups is 1. The number of benzene rings is 1. The molecule has 0 aliphatic carbocycles. The Balaban J connectivity index is 1.78. The van der Waals surface area contributed by atoms with Crippen molar-refractivity contribution in [2.75, 3.05) is 18.2 Å². The molecule has 116 valence electrons. The number of hydrogen-bond acceptors (Lipinski definition) is 7. The van der Waals surface area contributed by atoms with E-state index in [1.807, 2.05) is 0 Å². The average Bonchev–Trinajstić information content (AvgIpc) is 2.91. The number of rotatable bonds is 5. The first kappa shape index (κ1) is 15.8. The highest BCUT2D eigenvalue weighted by molar-refractivity contribution is 7.99. The van der Waals surface area contributed by atoms with Gasteiger partial charge in [0.25, 0.3) is 0 Å². The number of aryl methyl sites for hydroxylation is 1. The first-order valence-corrected chi connectivity index (χ1v) is 7.17. The summed E-state index contributed by atoms with van der Waals surface area (Å²) in [6.45, 7) is 0. The van der Waals surface area contributed by atoms with Gasteiger partial charge >= 0.3 is 6.03 Å². The first-order valence-electron chi connectivity index (χ1n) is 6.18. The lowest BCUT2D eigenvalue weighted by Crippen LogP contribution is -2.35. The molecule has 0 bridgehead atoms.